The highest BCUT2D eigenvalue weighted by atomic mass is 35.5. The predicted molar refractivity (Wildman–Crippen MR) is 60.4 cm³/mol. The third-order valence-electron chi connectivity index (χ3n) is 2.35. The largest absolute Gasteiger partial charge is 0.294 e. The van der Waals surface area contributed by atoms with Crippen LogP contribution < -0.4 is 0 Å². The zero-order valence-corrected chi connectivity index (χ0v) is 9.78. The average Bonchev–Trinajstić information content (AvgIpc) is 2.68. The second kappa shape index (κ2) is 4.63. The number of carbonyl (C=O) groups excluding carboxylic acids is 1. The summed E-state index contributed by atoms with van der Waals surface area (Å²) < 4.78 is 14.9. The zero-order chi connectivity index (χ0) is 12.4. The van der Waals surface area contributed by atoms with Crippen LogP contribution in [0.1, 0.15) is 16.2 Å². The Morgan fingerprint density at radius 2 is 2.29 bits per heavy atom. The second-order valence-corrected chi connectivity index (χ2v) is 3.96. The third kappa shape index (κ3) is 2.50. The number of carbonyl (C=O) groups is 1. The van der Waals surface area contributed by atoms with Crippen LogP contribution in [-0.2, 0) is 13.5 Å². The van der Waals surface area contributed by atoms with Crippen molar-refractivity contribution in [2.75, 3.05) is 0 Å². The molecule has 0 radical (unpaired) electrons. The van der Waals surface area contributed by atoms with Gasteiger partial charge in [0, 0.05) is 12.1 Å². The van der Waals surface area contributed by atoms with E-state index in [-0.39, 0.29) is 17.8 Å². The highest BCUT2D eigenvalue weighted by Gasteiger charge is 2.15. The molecular weight excluding hydrogens is 245 g/mol. The molecular formula is C11H9ClFN3O. The van der Waals surface area contributed by atoms with E-state index in [2.05, 4.69) is 10.1 Å². The normalized spacial score (nSPS) is 10.5. The Morgan fingerprint density at radius 1 is 1.53 bits per heavy atom. The number of Topliss-reactive ketones (excluding diaryl/α,β-unsaturated/α-hetero) is 1. The van der Waals surface area contributed by atoms with Crippen LogP contribution in [0.4, 0.5) is 4.39 Å². The Bertz CT molecular complexity index is 568. The van der Waals surface area contributed by atoms with Gasteiger partial charge in [0.15, 0.2) is 5.78 Å². The smallest absolute Gasteiger partial charge is 0.173 e. The van der Waals surface area contributed by atoms with Crippen molar-refractivity contribution in [3.63, 3.8) is 0 Å². The van der Waals surface area contributed by atoms with Crippen LogP contribution in [0.3, 0.4) is 0 Å². The Morgan fingerprint density at radius 3 is 2.94 bits per heavy atom. The summed E-state index contributed by atoms with van der Waals surface area (Å²) in [5, 5.41) is 4.16. The predicted octanol–water partition coefficient (Wildman–Crippen LogP) is 2.03. The summed E-state index contributed by atoms with van der Waals surface area (Å²) >= 11 is 5.72. The first-order valence-corrected chi connectivity index (χ1v) is 5.27. The summed E-state index contributed by atoms with van der Waals surface area (Å²) in [7, 11) is 1.67. The van der Waals surface area contributed by atoms with E-state index in [9.17, 15) is 9.18 Å². The van der Waals surface area contributed by atoms with Gasteiger partial charge in [0.25, 0.3) is 0 Å². The minimum Gasteiger partial charge on any atom is -0.294 e. The molecule has 0 aliphatic heterocycles. The van der Waals surface area contributed by atoms with E-state index in [1.54, 1.807) is 7.05 Å². The summed E-state index contributed by atoms with van der Waals surface area (Å²) in [4.78, 5) is 15.8. The van der Waals surface area contributed by atoms with Gasteiger partial charge >= 0.3 is 0 Å². The molecule has 2 rings (SSSR count). The van der Waals surface area contributed by atoms with Crippen LogP contribution in [-0.4, -0.2) is 20.5 Å². The van der Waals surface area contributed by atoms with Crippen molar-refractivity contribution in [1.82, 2.24) is 14.8 Å². The molecule has 0 aliphatic carbocycles. The molecule has 0 atom stereocenters. The van der Waals surface area contributed by atoms with Crippen molar-refractivity contribution in [2.45, 2.75) is 6.42 Å². The van der Waals surface area contributed by atoms with Crippen molar-refractivity contribution in [1.29, 1.82) is 0 Å². The summed E-state index contributed by atoms with van der Waals surface area (Å²) in [6, 6.07) is 3.89. The van der Waals surface area contributed by atoms with E-state index in [0.717, 1.165) is 0 Å². The summed E-state index contributed by atoms with van der Waals surface area (Å²) in [5.41, 5.74) is -0.0273. The molecule has 17 heavy (non-hydrogen) atoms. The van der Waals surface area contributed by atoms with E-state index in [1.165, 1.54) is 29.2 Å². The van der Waals surface area contributed by atoms with Crippen LogP contribution >= 0.6 is 11.6 Å². The van der Waals surface area contributed by atoms with Gasteiger partial charge in [0.2, 0.25) is 0 Å². The molecule has 0 fully saturated rings. The average molecular weight is 254 g/mol. The number of aryl methyl sites for hydroxylation is 1. The monoisotopic (exact) mass is 253 g/mol. The number of benzene rings is 1. The minimum atomic E-state index is -0.582. The second-order valence-electron chi connectivity index (χ2n) is 3.52. The number of hydrogen-bond donors (Lipinski definition) is 0. The number of ketones is 1. The molecule has 0 amide bonds. The molecule has 0 saturated carbocycles. The standard InChI is InChI=1S/C11H9ClFN3O/c1-16-11(14-6-15-16)5-10(17)8-4-7(12)2-3-9(8)13/h2-4,6H,5H2,1H3. The maximum Gasteiger partial charge on any atom is 0.173 e. The molecule has 0 unspecified atom stereocenters. The summed E-state index contributed by atoms with van der Waals surface area (Å²) in [5.74, 6) is -0.475. The fraction of sp³-hybridized carbons (Fsp3) is 0.182. The van der Waals surface area contributed by atoms with Gasteiger partial charge in [-0.15, -0.1) is 0 Å². The van der Waals surface area contributed by atoms with Crippen molar-refractivity contribution in [3.8, 4) is 0 Å². The van der Waals surface area contributed by atoms with Crippen LogP contribution in [0, 0.1) is 5.82 Å². The molecule has 0 bridgehead atoms. The Balaban J connectivity index is 2.26. The number of hydrogen-bond acceptors (Lipinski definition) is 3. The van der Waals surface area contributed by atoms with Gasteiger partial charge in [-0.3, -0.25) is 9.48 Å². The van der Waals surface area contributed by atoms with E-state index < -0.39 is 5.82 Å². The van der Waals surface area contributed by atoms with Gasteiger partial charge in [-0.25, -0.2) is 9.37 Å². The SMILES string of the molecule is Cn1ncnc1CC(=O)c1cc(Cl)ccc1F. The van der Waals surface area contributed by atoms with Crippen LogP contribution in [0.15, 0.2) is 24.5 Å². The van der Waals surface area contributed by atoms with Gasteiger partial charge in [0.1, 0.15) is 18.0 Å². The third-order valence-corrected chi connectivity index (χ3v) is 2.59. The van der Waals surface area contributed by atoms with E-state index in [0.29, 0.717) is 10.8 Å². The summed E-state index contributed by atoms with van der Waals surface area (Å²) in [6.07, 6.45) is 1.34. The highest BCUT2D eigenvalue weighted by Crippen LogP contribution is 2.16. The molecule has 88 valence electrons. The van der Waals surface area contributed by atoms with Gasteiger partial charge in [-0.1, -0.05) is 11.6 Å². The Kier molecular flexibility index (Phi) is 3.19. The fourth-order valence-corrected chi connectivity index (χ4v) is 1.60. The maximum absolute atomic E-state index is 13.4. The highest BCUT2D eigenvalue weighted by molar-refractivity contribution is 6.31. The van der Waals surface area contributed by atoms with Gasteiger partial charge < -0.3 is 0 Å². The number of halogens is 2. The first-order valence-electron chi connectivity index (χ1n) is 4.89. The van der Waals surface area contributed by atoms with Crippen molar-refractivity contribution < 1.29 is 9.18 Å². The molecule has 1 aromatic heterocycles. The van der Waals surface area contributed by atoms with Crippen molar-refractivity contribution in [3.05, 3.63) is 46.8 Å². The van der Waals surface area contributed by atoms with E-state index >= 15 is 0 Å². The Labute approximate surface area is 102 Å². The lowest BCUT2D eigenvalue weighted by molar-refractivity contribution is 0.0986. The maximum atomic E-state index is 13.4. The first-order chi connectivity index (χ1) is 8.08. The number of aromatic nitrogens is 3. The van der Waals surface area contributed by atoms with Crippen LogP contribution in [0.5, 0.6) is 0 Å². The molecule has 2 aromatic rings. The Hall–Kier alpha value is -1.75. The van der Waals surface area contributed by atoms with Gasteiger partial charge in [0.05, 0.1) is 12.0 Å². The summed E-state index contributed by atoms with van der Waals surface area (Å²) in [6.45, 7) is 0. The zero-order valence-electron chi connectivity index (χ0n) is 9.02. The van der Waals surface area contributed by atoms with E-state index in [1.807, 2.05) is 0 Å². The molecule has 0 N–H and O–H groups in total. The molecule has 0 aliphatic rings. The molecule has 0 spiro atoms. The molecule has 1 aromatic carbocycles. The van der Waals surface area contributed by atoms with E-state index in [4.69, 9.17) is 11.6 Å². The van der Waals surface area contributed by atoms with Gasteiger partial charge in [-0.2, -0.15) is 5.10 Å². The fourth-order valence-electron chi connectivity index (χ4n) is 1.43. The molecule has 4 nitrogen and oxygen atoms in total. The lowest BCUT2D eigenvalue weighted by Gasteiger charge is -2.03. The van der Waals surface area contributed by atoms with Crippen molar-refractivity contribution >= 4 is 17.4 Å². The first kappa shape index (κ1) is 11.7. The lowest BCUT2D eigenvalue weighted by atomic mass is 10.1. The molecule has 0 saturated heterocycles. The quantitative estimate of drug-likeness (QED) is 0.787. The van der Waals surface area contributed by atoms with Gasteiger partial charge in [-0.05, 0) is 18.2 Å². The van der Waals surface area contributed by atoms with Crippen molar-refractivity contribution in [2.24, 2.45) is 7.05 Å². The van der Waals surface area contributed by atoms with Crippen LogP contribution in [0.25, 0.3) is 0 Å². The minimum absolute atomic E-state index is 0.00619. The molecule has 6 heteroatoms. The molecule has 1 heterocycles. The topological polar surface area (TPSA) is 47.8 Å². The van der Waals surface area contributed by atoms with Crippen LogP contribution in [0.2, 0.25) is 5.02 Å². The number of rotatable bonds is 3. The lowest BCUT2D eigenvalue weighted by Crippen LogP contribution is -2.10. The number of nitrogens with zero attached hydrogens (tertiary/aromatic N) is 3.